The molecule has 5 heteroatoms. The van der Waals surface area contributed by atoms with Gasteiger partial charge in [-0.05, 0) is 41.9 Å². The first-order chi connectivity index (χ1) is 13.2. The molecule has 2 aromatic rings. The number of hydrogen-bond donors (Lipinski definition) is 3. The lowest BCUT2D eigenvalue weighted by Gasteiger charge is -2.22. The lowest BCUT2D eigenvalue weighted by atomic mass is 9.99. The molecule has 2 aliphatic rings. The number of hydrogen-bond acceptors (Lipinski definition) is 4. The van der Waals surface area contributed by atoms with Gasteiger partial charge in [0, 0.05) is 13.1 Å². The van der Waals surface area contributed by atoms with E-state index in [1.54, 1.807) is 0 Å². The molecule has 0 bridgehead atoms. The molecule has 1 saturated heterocycles. The van der Waals surface area contributed by atoms with Crippen molar-refractivity contribution in [2.24, 2.45) is 0 Å². The first-order valence-corrected chi connectivity index (χ1v) is 9.68. The van der Waals surface area contributed by atoms with Crippen molar-refractivity contribution in [1.29, 1.82) is 0 Å². The second-order valence-corrected chi connectivity index (χ2v) is 7.51. The SMILES string of the molecule is O=C(NCc1ccccc1)O[C@@H]1[C@@H](O)CN[C@@H]1Cc1ccc(C2CC2)cc1. The van der Waals surface area contributed by atoms with Crippen LogP contribution in [0.5, 0.6) is 0 Å². The van der Waals surface area contributed by atoms with Crippen molar-refractivity contribution < 1.29 is 14.6 Å². The molecule has 3 N–H and O–H groups in total. The van der Waals surface area contributed by atoms with Gasteiger partial charge < -0.3 is 20.5 Å². The maximum Gasteiger partial charge on any atom is 0.407 e. The predicted octanol–water partition coefficient (Wildman–Crippen LogP) is 2.73. The molecule has 1 aliphatic carbocycles. The minimum Gasteiger partial charge on any atom is -0.442 e. The molecule has 1 saturated carbocycles. The molecular weight excluding hydrogens is 340 g/mol. The van der Waals surface area contributed by atoms with E-state index in [2.05, 4.69) is 34.9 Å². The first kappa shape index (κ1) is 18.0. The third-order valence-corrected chi connectivity index (χ3v) is 5.37. The van der Waals surface area contributed by atoms with Crippen LogP contribution < -0.4 is 10.6 Å². The van der Waals surface area contributed by atoms with Crippen LogP contribution in [0.1, 0.15) is 35.4 Å². The summed E-state index contributed by atoms with van der Waals surface area (Å²) < 4.78 is 5.54. The number of carbonyl (C=O) groups is 1. The highest BCUT2D eigenvalue weighted by Gasteiger charge is 2.37. The summed E-state index contributed by atoms with van der Waals surface area (Å²) in [5.41, 5.74) is 3.60. The molecule has 0 radical (unpaired) electrons. The Morgan fingerprint density at radius 2 is 1.81 bits per heavy atom. The van der Waals surface area contributed by atoms with E-state index in [1.807, 2.05) is 30.3 Å². The van der Waals surface area contributed by atoms with Crippen molar-refractivity contribution in [3.8, 4) is 0 Å². The number of rotatable bonds is 6. The zero-order valence-corrected chi connectivity index (χ0v) is 15.3. The van der Waals surface area contributed by atoms with Gasteiger partial charge in [-0.25, -0.2) is 4.79 Å². The van der Waals surface area contributed by atoms with Crippen LogP contribution in [-0.2, 0) is 17.7 Å². The van der Waals surface area contributed by atoms with Crippen molar-refractivity contribution in [3.05, 3.63) is 71.3 Å². The minimum atomic E-state index is -0.691. The summed E-state index contributed by atoms with van der Waals surface area (Å²) in [7, 11) is 0. The molecule has 142 valence electrons. The fraction of sp³-hybridized carbons (Fsp3) is 0.409. The number of alkyl carbamates (subject to hydrolysis) is 1. The van der Waals surface area contributed by atoms with Gasteiger partial charge >= 0.3 is 6.09 Å². The summed E-state index contributed by atoms with van der Waals surface area (Å²) in [4.78, 5) is 12.2. The van der Waals surface area contributed by atoms with E-state index in [-0.39, 0.29) is 6.04 Å². The van der Waals surface area contributed by atoms with E-state index >= 15 is 0 Å². The number of aliphatic hydroxyl groups excluding tert-OH is 1. The Hall–Kier alpha value is -2.37. The molecule has 5 nitrogen and oxygen atoms in total. The monoisotopic (exact) mass is 366 g/mol. The second-order valence-electron chi connectivity index (χ2n) is 7.51. The fourth-order valence-corrected chi connectivity index (χ4v) is 3.65. The maximum atomic E-state index is 12.2. The first-order valence-electron chi connectivity index (χ1n) is 9.68. The van der Waals surface area contributed by atoms with Gasteiger partial charge in [0.05, 0.1) is 6.04 Å². The number of β-amino-alcohol motifs (C(OH)–C–C–N with tert-alkyl or cyclic N) is 1. The zero-order chi connectivity index (χ0) is 18.6. The Balaban J connectivity index is 1.31. The van der Waals surface area contributed by atoms with E-state index in [9.17, 15) is 9.90 Å². The number of aliphatic hydroxyl groups is 1. The Labute approximate surface area is 159 Å². The average Bonchev–Trinajstić information content (AvgIpc) is 3.49. The standard InChI is InChI=1S/C22H26N2O3/c25-20-14-23-19(12-15-6-8-17(9-7-15)18-10-11-18)21(20)27-22(26)24-13-16-4-2-1-3-5-16/h1-9,18-21,23,25H,10-14H2,(H,24,26)/t19-,20+,21+/m1/s1. The van der Waals surface area contributed by atoms with Crippen LogP contribution in [0.4, 0.5) is 4.79 Å². The molecule has 0 spiro atoms. The van der Waals surface area contributed by atoms with Crippen molar-refractivity contribution in [1.82, 2.24) is 10.6 Å². The molecule has 1 aliphatic heterocycles. The topological polar surface area (TPSA) is 70.6 Å². The lowest BCUT2D eigenvalue weighted by molar-refractivity contribution is 0.0188. The molecule has 0 unspecified atom stereocenters. The zero-order valence-electron chi connectivity index (χ0n) is 15.3. The van der Waals surface area contributed by atoms with Crippen molar-refractivity contribution in [2.75, 3.05) is 6.54 Å². The Bertz CT molecular complexity index is 759. The van der Waals surface area contributed by atoms with Crippen LogP contribution >= 0.6 is 0 Å². The van der Waals surface area contributed by atoms with Gasteiger partial charge in [-0.2, -0.15) is 0 Å². The van der Waals surface area contributed by atoms with Gasteiger partial charge in [-0.15, -0.1) is 0 Å². The maximum absolute atomic E-state index is 12.2. The van der Waals surface area contributed by atoms with Crippen LogP contribution in [0.25, 0.3) is 0 Å². The van der Waals surface area contributed by atoms with Crippen LogP contribution in [0, 0.1) is 0 Å². The van der Waals surface area contributed by atoms with Gasteiger partial charge in [-0.3, -0.25) is 0 Å². The van der Waals surface area contributed by atoms with Crippen LogP contribution in [0.2, 0.25) is 0 Å². The average molecular weight is 366 g/mol. The summed E-state index contributed by atoms with van der Waals surface area (Å²) in [5, 5.41) is 16.3. The van der Waals surface area contributed by atoms with E-state index in [1.165, 1.54) is 24.0 Å². The highest BCUT2D eigenvalue weighted by molar-refractivity contribution is 5.67. The Morgan fingerprint density at radius 3 is 2.52 bits per heavy atom. The van der Waals surface area contributed by atoms with E-state index in [0.717, 1.165) is 17.9 Å². The van der Waals surface area contributed by atoms with Gasteiger partial charge in [-0.1, -0.05) is 54.6 Å². The molecule has 1 heterocycles. The number of amides is 1. The Kier molecular flexibility index (Phi) is 5.41. The fourth-order valence-electron chi connectivity index (χ4n) is 3.65. The summed E-state index contributed by atoms with van der Waals surface area (Å²) in [6, 6.07) is 18.3. The van der Waals surface area contributed by atoms with E-state index in [4.69, 9.17) is 4.74 Å². The summed E-state index contributed by atoms with van der Waals surface area (Å²) in [6.07, 6.45) is 1.57. The molecular formula is C22H26N2O3. The smallest absolute Gasteiger partial charge is 0.407 e. The normalized spacial score (nSPS) is 24.6. The van der Waals surface area contributed by atoms with Gasteiger partial charge in [0.1, 0.15) is 12.2 Å². The number of carbonyl (C=O) groups excluding carboxylic acids is 1. The molecule has 4 rings (SSSR count). The van der Waals surface area contributed by atoms with E-state index in [0.29, 0.717) is 13.1 Å². The highest BCUT2D eigenvalue weighted by Crippen LogP contribution is 2.40. The number of benzene rings is 2. The number of nitrogens with one attached hydrogen (secondary N) is 2. The minimum absolute atomic E-state index is 0.0887. The second kappa shape index (κ2) is 8.11. The summed E-state index contributed by atoms with van der Waals surface area (Å²) in [6.45, 7) is 0.838. The molecule has 0 aromatic heterocycles. The largest absolute Gasteiger partial charge is 0.442 e. The van der Waals surface area contributed by atoms with Gasteiger partial charge in [0.15, 0.2) is 0 Å². The van der Waals surface area contributed by atoms with Crippen molar-refractivity contribution >= 4 is 6.09 Å². The highest BCUT2D eigenvalue weighted by atomic mass is 16.6. The lowest BCUT2D eigenvalue weighted by Crippen LogP contribution is -2.41. The van der Waals surface area contributed by atoms with E-state index < -0.39 is 18.3 Å². The van der Waals surface area contributed by atoms with Crippen LogP contribution in [0.15, 0.2) is 54.6 Å². The van der Waals surface area contributed by atoms with Crippen molar-refractivity contribution in [3.63, 3.8) is 0 Å². The summed E-state index contributed by atoms with van der Waals surface area (Å²) in [5.74, 6) is 0.745. The van der Waals surface area contributed by atoms with Crippen LogP contribution in [-0.4, -0.2) is 36.0 Å². The third-order valence-electron chi connectivity index (χ3n) is 5.37. The van der Waals surface area contributed by atoms with Crippen LogP contribution in [0.3, 0.4) is 0 Å². The molecule has 27 heavy (non-hydrogen) atoms. The third kappa shape index (κ3) is 4.67. The molecule has 1 amide bonds. The van der Waals surface area contributed by atoms with Gasteiger partial charge in [0.2, 0.25) is 0 Å². The quantitative estimate of drug-likeness (QED) is 0.735. The van der Waals surface area contributed by atoms with Crippen molar-refractivity contribution in [2.45, 2.75) is 50.0 Å². The molecule has 3 atom stereocenters. The Morgan fingerprint density at radius 1 is 1.07 bits per heavy atom. The molecule has 2 fully saturated rings. The molecule has 2 aromatic carbocycles. The number of ether oxygens (including phenoxy) is 1. The van der Waals surface area contributed by atoms with Gasteiger partial charge in [0.25, 0.3) is 0 Å². The summed E-state index contributed by atoms with van der Waals surface area (Å²) >= 11 is 0. The predicted molar refractivity (Wildman–Crippen MR) is 103 cm³/mol.